The van der Waals surface area contributed by atoms with Gasteiger partial charge in [0, 0.05) is 35.8 Å². The van der Waals surface area contributed by atoms with Crippen molar-refractivity contribution in [2.45, 2.75) is 26.7 Å². The number of hydrogen-bond donors (Lipinski definition) is 1. The van der Waals surface area contributed by atoms with Gasteiger partial charge in [0.25, 0.3) is 5.91 Å². The second-order valence-corrected chi connectivity index (χ2v) is 7.80. The Balaban J connectivity index is 1.56. The zero-order valence-electron chi connectivity index (χ0n) is 15.8. The summed E-state index contributed by atoms with van der Waals surface area (Å²) < 4.78 is 5.36. The van der Waals surface area contributed by atoms with Crippen molar-refractivity contribution >= 4 is 33.7 Å². The predicted molar refractivity (Wildman–Crippen MR) is 110 cm³/mol. The number of carbonyl (C=O) groups excluding carboxylic acids is 1. The highest BCUT2D eigenvalue weighted by Gasteiger charge is 2.24. The van der Waals surface area contributed by atoms with Crippen LogP contribution < -0.4 is 4.74 Å². The Kier molecular flexibility index (Phi) is 4.74. The number of benzene rings is 1. The fraction of sp³-hybridized carbons (Fsp3) is 0.333. The van der Waals surface area contributed by atoms with Crippen molar-refractivity contribution in [3.8, 4) is 5.75 Å². The summed E-state index contributed by atoms with van der Waals surface area (Å²) in [6.45, 7) is 5.34. The third-order valence-electron chi connectivity index (χ3n) is 5.07. The Morgan fingerprint density at radius 3 is 2.93 bits per heavy atom. The molecule has 0 bridgehead atoms. The minimum absolute atomic E-state index is 0.0978. The van der Waals surface area contributed by atoms with Crippen molar-refractivity contribution in [2.75, 3.05) is 20.2 Å². The van der Waals surface area contributed by atoms with Crippen LogP contribution in [-0.2, 0) is 6.42 Å². The first kappa shape index (κ1) is 17.8. The number of nitrogens with zero attached hydrogens (tertiary/aromatic N) is 2. The van der Waals surface area contributed by atoms with E-state index in [4.69, 9.17) is 4.74 Å². The maximum atomic E-state index is 12.9. The highest BCUT2D eigenvalue weighted by molar-refractivity contribution is 7.13. The Hall–Kier alpha value is -2.60. The SMILES string of the molecule is CCc1nc(C)c(C(=O)N2CC=C(c3c[nH]c4ccc(OC)cc34)CC2)s1. The van der Waals surface area contributed by atoms with Crippen LogP contribution in [0.15, 0.2) is 30.5 Å². The van der Waals surface area contributed by atoms with Gasteiger partial charge in [-0.25, -0.2) is 4.98 Å². The number of H-pyrrole nitrogens is 1. The molecule has 1 aliphatic rings. The van der Waals surface area contributed by atoms with E-state index >= 15 is 0 Å². The molecule has 0 atom stereocenters. The number of aryl methyl sites for hydroxylation is 2. The Morgan fingerprint density at radius 2 is 2.26 bits per heavy atom. The van der Waals surface area contributed by atoms with E-state index < -0.39 is 0 Å². The van der Waals surface area contributed by atoms with Crippen LogP contribution >= 0.6 is 11.3 Å². The second-order valence-electron chi connectivity index (χ2n) is 6.72. The van der Waals surface area contributed by atoms with Crippen molar-refractivity contribution < 1.29 is 9.53 Å². The molecule has 3 heterocycles. The molecule has 5 nitrogen and oxygen atoms in total. The summed E-state index contributed by atoms with van der Waals surface area (Å²) in [6.07, 6.45) is 5.93. The molecule has 27 heavy (non-hydrogen) atoms. The van der Waals surface area contributed by atoms with Gasteiger partial charge in [-0.3, -0.25) is 4.79 Å². The van der Waals surface area contributed by atoms with E-state index in [9.17, 15) is 4.79 Å². The quantitative estimate of drug-likeness (QED) is 0.727. The summed E-state index contributed by atoms with van der Waals surface area (Å²) in [5.41, 5.74) is 4.41. The van der Waals surface area contributed by atoms with E-state index in [0.717, 1.165) is 51.6 Å². The number of thiazole rings is 1. The van der Waals surface area contributed by atoms with Crippen molar-refractivity contribution in [1.29, 1.82) is 0 Å². The number of nitrogens with one attached hydrogen (secondary N) is 1. The maximum absolute atomic E-state index is 12.9. The third kappa shape index (κ3) is 3.25. The van der Waals surface area contributed by atoms with E-state index in [-0.39, 0.29) is 5.91 Å². The van der Waals surface area contributed by atoms with Crippen molar-refractivity contribution in [1.82, 2.24) is 14.9 Å². The third-order valence-corrected chi connectivity index (χ3v) is 6.36. The van der Waals surface area contributed by atoms with Crippen molar-refractivity contribution in [2.24, 2.45) is 0 Å². The average Bonchev–Trinajstić information content (AvgIpc) is 3.30. The number of rotatable bonds is 4. The number of methoxy groups -OCH3 is 1. The summed E-state index contributed by atoms with van der Waals surface area (Å²) in [5.74, 6) is 0.949. The van der Waals surface area contributed by atoms with Gasteiger partial charge in [-0.1, -0.05) is 13.0 Å². The summed E-state index contributed by atoms with van der Waals surface area (Å²) in [5, 5.41) is 2.18. The molecular formula is C21H23N3O2S. The standard InChI is InChI=1S/C21H23N3O2S/c1-4-19-23-13(2)20(27-19)21(25)24-9-7-14(8-10-24)17-12-22-18-6-5-15(26-3)11-16(17)18/h5-7,11-12,22H,4,8-10H2,1-3H3. The van der Waals surface area contributed by atoms with Crippen LogP contribution in [0.2, 0.25) is 0 Å². The van der Waals surface area contributed by atoms with Crippen molar-refractivity contribution in [3.05, 3.63) is 51.6 Å². The largest absolute Gasteiger partial charge is 0.497 e. The maximum Gasteiger partial charge on any atom is 0.266 e. The lowest BCUT2D eigenvalue weighted by molar-refractivity contribution is 0.0777. The van der Waals surface area contributed by atoms with E-state index in [1.54, 1.807) is 7.11 Å². The molecule has 0 unspecified atom stereocenters. The molecule has 0 fully saturated rings. The molecule has 2 aromatic heterocycles. The van der Waals surface area contributed by atoms with Crippen molar-refractivity contribution in [3.63, 3.8) is 0 Å². The molecule has 140 valence electrons. The summed E-state index contributed by atoms with van der Waals surface area (Å²) in [7, 11) is 1.68. The van der Waals surface area contributed by atoms with Gasteiger partial charge in [-0.15, -0.1) is 11.3 Å². The van der Waals surface area contributed by atoms with Crippen LogP contribution in [0.5, 0.6) is 5.75 Å². The molecule has 0 spiro atoms. The summed E-state index contributed by atoms with van der Waals surface area (Å²) in [4.78, 5) is 23.4. The van der Waals surface area contributed by atoms with Gasteiger partial charge in [0.1, 0.15) is 10.6 Å². The molecule has 1 aromatic carbocycles. The molecule has 4 rings (SSSR count). The molecule has 1 amide bonds. The van der Waals surface area contributed by atoms with E-state index in [2.05, 4.69) is 29.0 Å². The molecule has 6 heteroatoms. The molecule has 0 saturated carbocycles. The van der Waals surface area contributed by atoms with Gasteiger partial charge in [0.15, 0.2) is 0 Å². The highest BCUT2D eigenvalue weighted by Crippen LogP contribution is 2.32. The number of ether oxygens (including phenoxy) is 1. The van der Waals surface area contributed by atoms with Gasteiger partial charge in [0.05, 0.1) is 17.8 Å². The molecule has 1 aliphatic heterocycles. The van der Waals surface area contributed by atoms with Crippen LogP contribution in [0.4, 0.5) is 0 Å². The van der Waals surface area contributed by atoms with Gasteiger partial charge in [0.2, 0.25) is 0 Å². The van der Waals surface area contributed by atoms with E-state index in [1.165, 1.54) is 22.5 Å². The lowest BCUT2D eigenvalue weighted by atomic mass is 9.98. The average molecular weight is 382 g/mol. The van der Waals surface area contributed by atoms with Gasteiger partial charge >= 0.3 is 0 Å². The fourth-order valence-corrected chi connectivity index (χ4v) is 4.51. The Morgan fingerprint density at radius 1 is 1.41 bits per heavy atom. The lowest BCUT2D eigenvalue weighted by Crippen LogP contribution is -2.34. The van der Waals surface area contributed by atoms with Crippen LogP contribution in [0, 0.1) is 6.92 Å². The topological polar surface area (TPSA) is 58.2 Å². The molecule has 0 aliphatic carbocycles. The zero-order chi connectivity index (χ0) is 19.0. The minimum Gasteiger partial charge on any atom is -0.497 e. The van der Waals surface area contributed by atoms with Crippen LogP contribution in [0.1, 0.15) is 39.3 Å². The van der Waals surface area contributed by atoms with Crippen LogP contribution in [0.3, 0.4) is 0 Å². The Labute approximate surface area is 162 Å². The molecule has 0 saturated heterocycles. The minimum atomic E-state index is 0.0978. The first-order valence-corrected chi connectivity index (χ1v) is 10.0. The first-order chi connectivity index (χ1) is 13.1. The summed E-state index contributed by atoms with van der Waals surface area (Å²) in [6, 6.07) is 6.06. The fourth-order valence-electron chi connectivity index (χ4n) is 3.54. The number of carbonyl (C=O) groups is 1. The van der Waals surface area contributed by atoms with E-state index in [0.29, 0.717) is 6.54 Å². The number of hydrogen-bond acceptors (Lipinski definition) is 4. The predicted octanol–water partition coefficient (Wildman–Crippen LogP) is 4.43. The molecule has 3 aromatic rings. The monoisotopic (exact) mass is 381 g/mol. The zero-order valence-corrected chi connectivity index (χ0v) is 16.7. The first-order valence-electron chi connectivity index (χ1n) is 9.20. The number of aromatic nitrogens is 2. The highest BCUT2D eigenvalue weighted by atomic mass is 32.1. The molecule has 0 radical (unpaired) electrons. The van der Waals surface area contributed by atoms with Gasteiger partial charge in [-0.05, 0) is 43.5 Å². The van der Waals surface area contributed by atoms with Gasteiger partial charge in [-0.2, -0.15) is 0 Å². The van der Waals surface area contributed by atoms with Crippen LogP contribution in [-0.4, -0.2) is 41.0 Å². The van der Waals surface area contributed by atoms with E-state index in [1.807, 2.05) is 30.2 Å². The normalized spacial score (nSPS) is 14.5. The Bertz CT molecular complexity index is 1030. The molecule has 1 N–H and O–H groups in total. The van der Waals surface area contributed by atoms with Crippen LogP contribution in [0.25, 0.3) is 16.5 Å². The lowest BCUT2D eigenvalue weighted by Gasteiger charge is -2.26. The van der Waals surface area contributed by atoms with Gasteiger partial charge < -0.3 is 14.6 Å². The number of amides is 1. The second kappa shape index (κ2) is 7.19. The molecular weight excluding hydrogens is 358 g/mol. The number of aromatic amines is 1. The smallest absolute Gasteiger partial charge is 0.266 e. The summed E-state index contributed by atoms with van der Waals surface area (Å²) >= 11 is 1.52. The number of fused-ring (bicyclic) bond motifs is 1.